The van der Waals surface area contributed by atoms with Crippen molar-refractivity contribution < 1.29 is 18.8 Å². The van der Waals surface area contributed by atoms with Crippen LogP contribution >= 0.6 is 0 Å². The number of benzene rings is 1. The van der Waals surface area contributed by atoms with Gasteiger partial charge in [0.05, 0.1) is 0 Å². The molecule has 0 radical (unpaired) electrons. The number of rotatable bonds is 8. The minimum absolute atomic E-state index is 0.0312. The van der Waals surface area contributed by atoms with Gasteiger partial charge in [0.2, 0.25) is 17.6 Å². The summed E-state index contributed by atoms with van der Waals surface area (Å²) in [4.78, 5) is 16.1. The number of hydrogen-bond donors (Lipinski definition) is 2. The van der Waals surface area contributed by atoms with Gasteiger partial charge >= 0.3 is 0 Å². The maximum absolute atomic E-state index is 13.6. The number of aliphatic hydroxyl groups is 1. The first-order valence-corrected chi connectivity index (χ1v) is 8.02. The van der Waals surface area contributed by atoms with Gasteiger partial charge in [0.15, 0.2) is 0 Å². The molecule has 2 aromatic rings. The molecule has 0 saturated heterocycles. The Balaban J connectivity index is 1.91. The van der Waals surface area contributed by atoms with Crippen LogP contribution in [-0.4, -0.2) is 33.8 Å². The molecule has 2 N–H and O–H groups in total. The maximum Gasteiger partial charge on any atom is 0.227 e. The lowest BCUT2D eigenvalue weighted by molar-refractivity contribution is -0.122. The fourth-order valence-corrected chi connectivity index (χ4v) is 2.26. The Kier molecular flexibility index (Phi) is 6.43. The molecule has 0 spiro atoms. The van der Waals surface area contributed by atoms with Crippen LogP contribution in [0.4, 0.5) is 4.39 Å². The van der Waals surface area contributed by atoms with Crippen molar-refractivity contribution in [3.05, 3.63) is 35.5 Å². The van der Waals surface area contributed by atoms with Crippen molar-refractivity contribution in [3.8, 4) is 11.4 Å². The summed E-state index contributed by atoms with van der Waals surface area (Å²) in [6, 6.07) is 4.70. The van der Waals surface area contributed by atoms with Crippen LogP contribution in [0, 0.1) is 12.7 Å². The van der Waals surface area contributed by atoms with Gasteiger partial charge in [-0.25, -0.2) is 4.39 Å². The van der Waals surface area contributed by atoms with Crippen LogP contribution in [0.25, 0.3) is 11.4 Å². The summed E-state index contributed by atoms with van der Waals surface area (Å²) in [5.74, 6) is 0.177. The quantitative estimate of drug-likeness (QED) is 0.773. The molecule has 7 heteroatoms. The Morgan fingerprint density at radius 1 is 1.46 bits per heavy atom. The third kappa shape index (κ3) is 4.86. The fraction of sp³-hybridized carbons (Fsp3) is 0.471. The lowest BCUT2D eigenvalue weighted by atomic mass is 10.1. The van der Waals surface area contributed by atoms with Crippen LogP contribution < -0.4 is 5.32 Å². The molecule has 1 aromatic carbocycles. The number of carbonyl (C=O) groups is 1. The molecule has 1 heterocycles. The minimum atomic E-state index is -0.326. The van der Waals surface area contributed by atoms with Gasteiger partial charge in [-0.05, 0) is 31.4 Å². The van der Waals surface area contributed by atoms with Crippen LogP contribution in [-0.2, 0) is 11.2 Å². The average Bonchev–Trinajstić information content (AvgIpc) is 3.04. The summed E-state index contributed by atoms with van der Waals surface area (Å²) in [5, 5.41) is 15.6. The summed E-state index contributed by atoms with van der Waals surface area (Å²) < 4.78 is 18.7. The first kappa shape index (κ1) is 18.1. The van der Waals surface area contributed by atoms with Crippen LogP contribution in [0.15, 0.2) is 22.7 Å². The molecule has 1 aromatic heterocycles. The molecule has 1 atom stereocenters. The van der Waals surface area contributed by atoms with Gasteiger partial charge < -0.3 is 14.9 Å². The third-order valence-corrected chi connectivity index (χ3v) is 3.80. The standard InChI is InChI=1S/C17H22FN3O3/c1-3-13(8-9-22)19-15(23)6-7-16-20-17(21-24-16)12-5-4-11(2)14(18)10-12/h4-5,10,13,22H,3,6-9H2,1-2H3,(H,19,23). The summed E-state index contributed by atoms with van der Waals surface area (Å²) >= 11 is 0. The van der Waals surface area contributed by atoms with Crippen molar-refractivity contribution in [1.82, 2.24) is 15.5 Å². The predicted molar refractivity (Wildman–Crippen MR) is 86.7 cm³/mol. The van der Waals surface area contributed by atoms with E-state index in [1.54, 1.807) is 19.1 Å². The van der Waals surface area contributed by atoms with Crippen molar-refractivity contribution in [2.75, 3.05) is 6.61 Å². The van der Waals surface area contributed by atoms with E-state index in [9.17, 15) is 9.18 Å². The van der Waals surface area contributed by atoms with Gasteiger partial charge in [0.1, 0.15) is 5.82 Å². The second-order valence-electron chi connectivity index (χ2n) is 5.66. The van der Waals surface area contributed by atoms with Gasteiger partial charge in [-0.15, -0.1) is 0 Å². The molecule has 1 amide bonds. The molecule has 0 bridgehead atoms. The summed E-state index contributed by atoms with van der Waals surface area (Å²) in [5.41, 5.74) is 1.08. The summed E-state index contributed by atoms with van der Waals surface area (Å²) in [6.07, 6.45) is 1.82. The molecule has 24 heavy (non-hydrogen) atoms. The van der Waals surface area contributed by atoms with E-state index in [2.05, 4.69) is 15.5 Å². The lowest BCUT2D eigenvalue weighted by Crippen LogP contribution is -2.35. The van der Waals surface area contributed by atoms with Gasteiger partial charge in [-0.3, -0.25) is 4.79 Å². The van der Waals surface area contributed by atoms with Crippen molar-refractivity contribution in [1.29, 1.82) is 0 Å². The van der Waals surface area contributed by atoms with E-state index in [0.717, 1.165) is 6.42 Å². The Morgan fingerprint density at radius 3 is 2.92 bits per heavy atom. The number of aromatic nitrogens is 2. The Morgan fingerprint density at radius 2 is 2.25 bits per heavy atom. The predicted octanol–water partition coefficient (Wildman–Crippen LogP) is 2.39. The monoisotopic (exact) mass is 335 g/mol. The van der Waals surface area contributed by atoms with Crippen molar-refractivity contribution in [2.45, 2.75) is 45.6 Å². The highest BCUT2D eigenvalue weighted by atomic mass is 19.1. The number of halogens is 1. The molecule has 1 unspecified atom stereocenters. The molecular formula is C17H22FN3O3. The molecule has 0 aliphatic heterocycles. The summed E-state index contributed by atoms with van der Waals surface area (Å²) in [7, 11) is 0. The Hall–Kier alpha value is -2.28. The van der Waals surface area contributed by atoms with Gasteiger partial charge in [0, 0.05) is 31.1 Å². The fourth-order valence-electron chi connectivity index (χ4n) is 2.26. The van der Waals surface area contributed by atoms with Crippen molar-refractivity contribution >= 4 is 5.91 Å². The van der Waals surface area contributed by atoms with E-state index in [-0.39, 0.29) is 30.8 Å². The van der Waals surface area contributed by atoms with Crippen LogP contribution in [0.3, 0.4) is 0 Å². The maximum atomic E-state index is 13.6. The molecule has 0 aliphatic rings. The number of amides is 1. The second kappa shape index (κ2) is 8.54. The molecular weight excluding hydrogens is 313 g/mol. The van der Waals surface area contributed by atoms with E-state index < -0.39 is 0 Å². The number of aliphatic hydroxyl groups excluding tert-OH is 1. The molecule has 0 fully saturated rings. The minimum Gasteiger partial charge on any atom is -0.396 e. The SMILES string of the molecule is CCC(CCO)NC(=O)CCc1nc(-c2ccc(C)c(F)c2)no1. The van der Waals surface area contributed by atoms with Crippen LogP contribution in [0.1, 0.15) is 37.6 Å². The van der Waals surface area contributed by atoms with Gasteiger partial charge in [0.25, 0.3) is 0 Å². The molecule has 0 saturated carbocycles. The number of nitrogens with one attached hydrogen (secondary N) is 1. The Bertz CT molecular complexity index is 687. The smallest absolute Gasteiger partial charge is 0.227 e. The highest BCUT2D eigenvalue weighted by Crippen LogP contribution is 2.19. The Labute approximate surface area is 140 Å². The molecule has 2 rings (SSSR count). The number of carbonyl (C=O) groups excluding carboxylic acids is 1. The highest BCUT2D eigenvalue weighted by molar-refractivity contribution is 5.76. The lowest BCUT2D eigenvalue weighted by Gasteiger charge is -2.15. The van der Waals surface area contributed by atoms with Crippen molar-refractivity contribution in [2.24, 2.45) is 0 Å². The second-order valence-corrected chi connectivity index (χ2v) is 5.66. The zero-order valence-corrected chi connectivity index (χ0v) is 13.9. The summed E-state index contributed by atoms with van der Waals surface area (Å²) in [6.45, 7) is 3.67. The molecule has 6 nitrogen and oxygen atoms in total. The van der Waals surface area contributed by atoms with Gasteiger partial charge in [-0.2, -0.15) is 4.98 Å². The van der Waals surface area contributed by atoms with E-state index in [0.29, 0.717) is 35.7 Å². The largest absolute Gasteiger partial charge is 0.396 e. The van der Waals surface area contributed by atoms with Crippen LogP contribution in [0.2, 0.25) is 0 Å². The molecule has 0 aliphatic carbocycles. The third-order valence-electron chi connectivity index (χ3n) is 3.80. The zero-order chi connectivity index (χ0) is 17.5. The van der Waals surface area contributed by atoms with Crippen molar-refractivity contribution in [3.63, 3.8) is 0 Å². The number of nitrogens with zero attached hydrogens (tertiary/aromatic N) is 2. The number of aryl methyl sites for hydroxylation is 2. The van der Waals surface area contributed by atoms with E-state index in [1.807, 2.05) is 6.92 Å². The van der Waals surface area contributed by atoms with E-state index >= 15 is 0 Å². The number of hydrogen-bond acceptors (Lipinski definition) is 5. The average molecular weight is 335 g/mol. The highest BCUT2D eigenvalue weighted by Gasteiger charge is 2.14. The first-order valence-electron chi connectivity index (χ1n) is 8.02. The normalized spacial score (nSPS) is 12.2. The molecule has 130 valence electrons. The topological polar surface area (TPSA) is 88.2 Å². The van der Waals surface area contributed by atoms with E-state index in [4.69, 9.17) is 9.63 Å². The van der Waals surface area contributed by atoms with Gasteiger partial charge in [-0.1, -0.05) is 24.2 Å². The zero-order valence-electron chi connectivity index (χ0n) is 13.9. The van der Waals surface area contributed by atoms with E-state index in [1.165, 1.54) is 6.07 Å². The first-order chi connectivity index (χ1) is 11.5. The van der Waals surface area contributed by atoms with Crippen LogP contribution in [0.5, 0.6) is 0 Å².